The molecule has 0 aromatic heterocycles. The summed E-state index contributed by atoms with van der Waals surface area (Å²) < 4.78 is 0. The zero-order valence-corrected chi connectivity index (χ0v) is 18.8. The molecule has 0 amide bonds. The number of hydrogen-bond acceptors (Lipinski definition) is 0. The molecule has 0 saturated carbocycles. The van der Waals surface area contributed by atoms with Gasteiger partial charge >= 0.3 is 0 Å². The lowest BCUT2D eigenvalue weighted by Crippen LogP contribution is -1.86. The van der Waals surface area contributed by atoms with Crippen LogP contribution < -0.4 is 0 Å². The van der Waals surface area contributed by atoms with Crippen LogP contribution in [0.4, 0.5) is 0 Å². The SMILES string of the molecule is Clc1cc(-c2cccc3ccccc23)ccc1-c1ccc(-c2cccc3ccccc23)cc1. The Balaban J connectivity index is 1.37. The Bertz CT molecular complexity index is 1600. The summed E-state index contributed by atoms with van der Waals surface area (Å²) in [6, 6.07) is 44.9. The molecule has 0 saturated heterocycles. The highest BCUT2D eigenvalue weighted by atomic mass is 35.5. The minimum Gasteiger partial charge on any atom is -0.0836 e. The molecule has 0 aliphatic rings. The molecule has 0 atom stereocenters. The van der Waals surface area contributed by atoms with Crippen LogP contribution in [-0.4, -0.2) is 0 Å². The van der Waals surface area contributed by atoms with E-state index in [9.17, 15) is 0 Å². The lowest BCUT2D eigenvalue weighted by atomic mass is 9.94. The predicted molar refractivity (Wildman–Crippen MR) is 143 cm³/mol. The normalized spacial score (nSPS) is 11.2. The van der Waals surface area contributed by atoms with Gasteiger partial charge in [-0.15, -0.1) is 0 Å². The largest absolute Gasteiger partial charge is 0.0836 e. The van der Waals surface area contributed by atoms with E-state index in [1.807, 2.05) is 0 Å². The third-order valence-corrected chi connectivity index (χ3v) is 6.68. The van der Waals surface area contributed by atoms with E-state index in [1.165, 1.54) is 38.2 Å². The second-order valence-corrected chi connectivity index (χ2v) is 8.73. The molecular weight excluding hydrogens is 420 g/mol. The van der Waals surface area contributed by atoms with Crippen molar-refractivity contribution in [1.29, 1.82) is 0 Å². The van der Waals surface area contributed by atoms with Crippen molar-refractivity contribution in [2.75, 3.05) is 0 Å². The molecular formula is C32H21Cl. The van der Waals surface area contributed by atoms with Crippen molar-refractivity contribution in [3.63, 3.8) is 0 Å². The standard InChI is InChI=1S/C32H21Cl/c33-32-21-26(30-14-6-10-23-8-2-4-12-28(23)30)19-20-31(32)25-17-15-24(16-18-25)29-13-5-9-22-7-1-3-11-27(22)29/h1-21H. The maximum absolute atomic E-state index is 6.80. The zero-order valence-electron chi connectivity index (χ0n) is 18.0. The van der Waals surface area contributed by atoms with E-state index in [4.69, 9.17) is 11.6 Å². The van der Waals surface area contributed by atoms with E-state index in [1.54, 1.807) is 0 Å². The zero-order chi connectivity index (χ0) is 22.2. The van der Waals surface area contributed by atoms with Crippen molar-refractivity contribution in [3.8, 4) is 33.4 Å². The van der Waals surface area contributed by atoms with E-state index in [0.29, 0.717) is 0 Å². The lowest BCUT2D eigenvalue weighted by molar-refractivity contribution is 1.59. The number of halogens is 1. The molecule has 0 nitrogen and oxygen atoms in total. The molecule has 0 N–H and O–H groups in total. The van der Waals surface area contributed by atoms with E-state index >= 15 is 0 Å². The lowest BCUT2D eigenvalue weighted by Gasteiger charge is -2.11. The molecule has 0 bridgehead atoms. The van der Waals surface area contributed by atoms with E-state index in [2.05, 4.69) is 127 Å². The van der Waals surface area contributed by atoms with Crippen LogP contribution >= 0.6 is 11.6 Å². The maximum atomic E-state index is 6.80. The molecule has 0 spiro atoms. The first-order valence-electron chi connectivity index (χ1n) is 11.1. The van der Waals surface area contributed by atoms with Gasteiger partial charge in [0.05, 0.1) is 0 Å². The van der Waals surface area contributed by atoms with E-state index in [-0.39, 0.29) is 0 Å². The first-order chi connectivity index (χ1) is 16.3. The molecule has 6 aromatic rings. The number of benzene rings is 6. The first kappa shape index (κ1) is 19.8. The molecule has 0 radical (unpaired) electrons. The van der Waals surface area contributed by atoms with Crippen molar-refractivity contribution in [2.24, 2.45) is 0 Å². The molecule has 156 valence electrons. The van der Waals surface area contributed by atoms with Gasteiger partial charge in [-0.3, -0.25) is 0 Å². The van der Waals surface area contributed by atoms with Crippen molar-refractivity contribution in [1.82, 2.24) is 0 Å². The summed E-state index contributed by atoms with van der Waals surface area (Å²) in [7, 11) is 0. The Morgan fingerprint density at radius 1 is 0.364 bits per heavy atom. The van der Waals surface area contributed by atoms with Crippen molar-refractivity contribution < 1.29 is 0 Å². The number of rotatable bonds is 3. The van der Waals surface area contributed by atoms with Gasteiger partial charge in [0.15, 0.2) is 0 Å². The summed E-state index contributed by atoms with van der Waals surface area (Å²) in [4.78, 5) is 0. The van der Waals surface area contributed by atoms with Crippen LogP contribution in [0.25, 0.3) is 54.9 Å². The molecule has 0 aliphatic carbocycles. The maximum Gasteiger partial charge on any atom is 0.0490 e. The fourth-order valence-corrected chi connectivity index (χ4v) is 4.99. The van der Waals surface area contributed by atoms with Crippen molar-refractivity contribution in [3.05, 3.63) is 132 Å². The van der Waals surface area contributed by atoms with Crippen LogP contribution in [0.5, 0.6) is 0 Å². The number of hydrogen-bond donors (Lipinski definition) is 0. The topological polar surface area (TPSA) is 0 Å². The van der Waals surface area contributed by atoms with Gasteiger partial charge in [0.2, 0.25) is 0 Å². The van der Waals surface area contributed by atoms with Crippen LogP contribution in [0.1, 0.15) is 0 Å². The molecule has 6 rings (SSSR count). The molecule has 0 heterocycles. The van der Waals surface area contributed by atoms with E-state index < -0.39 is 0 Å². The van der Waals surface area contributed by atoms with Crippen LogP contribution in [-0.2, 0) is 0 Å². The highest BCUT2D eigenvalue weighted by molar-refractivity contribution is 6.33. The highest BCUT2D eigenvalue weighted by Crippen LogP contribution is 2.36. The third kappa shape index (κ3) is 3.59. The molecule has 33 heavy (non-hydrogen) atoms. The Labute approximate surface area is 198 Å². The Hall–Kier alpha value is -3.87. The summed E-state index contributed by atoms with van der Waals surface area (Å²) >= 11 is 6.80. The fraction of sp³-hybridized carbons (Fsp3) is 0. The average molecular weight is 441 g/mol. The highest BCUT2D eigenvalue weighted by Gasteiger charge is 2.10. The Morgan fingerprint density at radius 2 is 0.818 bits per heavy atom. The quantitative estimate of drug-likeness (QED) is 0.257. The minimum absolute atomic E-state index is 0.762. The van der Waals surface area contributed by atoms with Crippen LogP contribution in [0.3, 0.4) is 0 Å². The van der Waals surface area contributed by atoms with Gasteiger partial charge in [0.25, 0.3) is 0 Å². The Morgan fingerprint density at radius 3 is 1.39 bits per heavy atom. The van der Waals surface area contributed by atoms with Crippen LogP contribution in [0.2, 0.25) is 5.02 Å². The van der Waals surface area contributed by atoms with Gasteiger partial charge in [0.1, 0.15) is 0 Å². The molecule has 0 aliphatic heterocycles. The van der Waals surface area contributed by atoms with Gasteiger partial charge in [0, 0.05) is 10.6 Å². The molecule has 1 heteroatoms. The van der Waals surface area contributed by atoms with E-state index in [0.717, 1.165) is 21.7 Å². The van der Waals surface area contributed by atoms with Crippen LogP contribution in [0.15, 0.2) is 127 Å². The summed E-state index contributed by atoms with van der Waals surface area (Å²) in [5.74, 6) is 0. The Kier molecular flexibility index (Phi) is 4.94. The molecule has 6 aromatic carbocycles. The summed E-state index contributed by atoms with van der Waals surface area (Å²) in [5.41, 5.74) is 6.95. The third-order valence-electron chi connectivity index (χ3n) is 6.37. The summed E-state index contributed by atoms with van der Waals surface area (Å²) in [6.07, 6.45) is 0. The minimum atomic E-state index is 0.762. The smallest absolute Gasteiger partial charge is 0.0490 e. The van der Waals surface area contributed by atoms with Crippen molar-refractivity contribution in [2.45, 2.75) is 0 Å². The molecule has 0 unspecified atom stereocenters. The van der Waals surface area contributed by atoms with Crippen LogP contribution in [0, 0.1) is 0 Å². The summed E-state index contributed by atoms with van der Waals surface area (Å²) in [5, 5.41) is 5.76. The average Bonchev–Trinajstić information content (AvgIpc) is 2.88. The van der Waals surface area contributed by atoms with Gasteiger partial charge in [-0.25, -0.2) is 0 Å². The molecule has 0 fully saturated rings. The summed E-state index contributed by atoms with van der Waals surface area (Å²) in [6.45, 7) is 0. The number of fused-ring (bicyclic) bond motifs is 2. The van der Waals surface area contributed by atoms with Gasteiger partial charge in [-0.1, -0.05) is 133 Å². The van der Waals surface area contributed by atoms with Crippen molar-refractivity contribution >= 4 is 33.1 Å². The van der Waals surface area contributed by atoms with Gasteiger partial charge in [-0.2, -0.15) is 0 Å². The predicted octanol–water partition coefficient (Wildman–Crippen LogP) is 9.65. The van der Waals surface area contributed by atoms with Gasteiger partial charge < -0.3 is 0 Å². The first-order valence-corrected chi connectivity index (χ1v) is 11.5. The second-order valence-electron chi connectivity index (χ2n) is 8.33. The monoisotopic (exact) mass is 440 g/mol. The van der Waals surface area contributed by atoms with Gasteiger partial charge in [-0.05, 0) is 55.4 Å². The fourth-order valence-electron chi connectivity index (χ4n) is 4.70. The second kappa shape index (κ2) is 8.24.